The SMILES string of the molecule is OC(Cc1ccc(F)cc1Br)c1occc1Br. The molecular weight excluding hydrogens is 355 g/mol. The maximum atomic E-state index is 12.9. The van der Waals surface area contributed by atoms with Crippen LogP contribution in [0, 0.1) is 5.82 Å². The molecule has 0 bridgehead atoms. The highest BCUT2D eigenvalue weighted by Crippen LogP contribution is 2.29. The second-order valence-corrected chi connectivity index (χ2v) is 5.30. The number of benzene rings is 1. The fourth-order valence-electron chi connectivity index (χ4n) is 1.53. The van der Waals surface area contributed by atoms with Crippen LogP contribution >= 0.6 is 31.9 Å². The topological polar surface area (TPSA) is 33.4 Å². The Morgan fingerprint density at radius 2 is 2.00 bits per heavy atom. The quantitative estimate of drug-likeness (QED) is 0.885. The number of furan rings is 1. The summed E-state index contributed by atoms with van der Waals surface area (Å²) in [5, 5.41) is 10.00. The van der Waals surface area contributed by atoms with Crippen LogP contribution in [0.4, 0.5) is 4.39 Å². The molecule has 90 valence electrons. The molecule has 0 amide bonds. The molecule has 1 atom stereocenters. The van der Waals surface area contributed by atoms with Crippen LogP contribution in [-0.4, -0.2) is 5.11 Å². The van der Waals surface area contributed by atoms with Crippen LogP contribution in [0.1, 0.15) is 17.4 Å². The Morgan fingerprint density at radius 1 is 1.24 bits per heavy atom. The van der Waals surface area contributed by atoms with Gasteiger partial charge in [0.05, 0.1) is 10.7 Å². The predicted molar refractivity (Wildman–Crippen MR) is 69.2 cm³/mol. The number of rotatable bonds is 3. The van der Waals surface area contributed by atoms with E-state index in [1.165, 1.54) is 18.4 Å². The number of aliphatic hydroxyl groups is 1. The molecule has 0 spiro atoms. The van der Waals surface area contributed by atoms with Gasteiger partial charge in [0.25, 0.3) is 0 Å². The van der Waals surface area contributed by atoms with Gasteiger partial charge in [-0.25, -0.2) is 4.39 Å². The summed E-state index contributed by atoms with van der Waals surface area (Å²) in [5.41, 5.74) is 0.821. The largest absolute Gasteiger partial charge is 0.465 e. The number of hydrogen-bond donors (Lipinski definition) is 1. The van der Waals surface area contributed by atoms with Gasteiger partial charge in [-0.15, -0.1) is 0 Å². The van der Waals surface area contributed by atoms with Crippen molar-refractivity contribution in [2.24, 2.45) is 0 Å². The molecule has 1 aromatic heterocycles. The maximum absolute atomic E-state index is 12.9. The average molecular weight is 364 g/mol. The van der Waals surface area contributed by atoms with Crippen molar-refractivity contribution in [2.75, 3.05) is 0 Å². The molecule has 0 saturated heterocycles. The van der Waals surface area contributed by atoms with E-state index in [0.717, 1.165) is 10.0 Å². The summed E-state index contributed by atoms with van der Waals surface area (Å²) in [5.74, 6) is 0.163. The lowest BCUT2D eigenvalue weighted by Crippen LogP contribution is -2.02. The van der Waals surface area contributed by atoms with Crippen molar-refractivity contribution in [1.82, 2.24) is 0 Å². The molecule has 0 aliphatic heterocycles. The van der Waals surface area contributed by atoms with Crippen molar-refractivity contribution in [3.05, 3.63) is 56.6 Å². The first-order chi connectivity index (χ1) is 8.08. The molecule has 1 N–H and O–H groups in total. The summed E-state index contributed by atoms with van der Waals surface area (Å²) in [6, 6.07) is 6.10. The molecule has 5 heteroatoms. The molecule has 17 heavy (non-hydrogen) atoms. The number of halogens is 3. The van der Waals surface area contributed by atoms with E-state index in [2.05, 4.69) is 31.9 Å². The van der Waals surface area contributed by atoms with Gasteiger partial charge in [0, 0.05) is 10.9 Å². The summed E-state index contributed by atoms with van der Waals surface area (Å²) in [7, 11) is 0. The first-order valence-electron chi connectivity index (χ1n) is 4.93. The van der Waals surface area contributed by atoms with Gasteiger partial charge in [-0.05, 0) is 39.7 Å². The molecule has 0 fully saturated rings. The van der Waals surface area contributed by atoms with E-state index in [0.29, 0.717) is 16.7 Å². The Morgan fingerprint density at radius 3 is 2.59 bits per heavy atom. The molecule has 1 unspecified atom stereocenters. The summed E-state index contributed by atoms with van der Waals surface area (Å²) >= 11 is 6.55. The monoisotopic (exact) mass is 362 g/mol. The Bertz CT molecular complexity index is 525. The lowest BCUT2D eigenvalue weighted by molar-refractivity contribution is 0.149. The molecule has 1 aromatic carbocycles. The third-order valence-corrected chi connectivity index (χ3v) is 3.77. The average Bonchev–Trinajstić information content (AvgIpc) is 2.68. The molecular formula is C12H9Br2FO2. The first-order valence-corrected chi connectivity index (χ1v) is 6.51. The standard InChI is InChI=1S/C12H9Br2FO2/c13-9-3-4-17-12(9)11(16)5-7-1-2-8(15)6-10(7)14/h1-4,6,11,16H,5H2. The molecule has 0 aliphatic rings. The highest BCUT2D eigenvalue weighted by Gasteiger charge is 2.16. The van der Waals surface area contributed by atoms with Crippen LogP contribution in [0.15, 0.2) is 43.9 Å². The van der Waals surface area contributed by atoms with Crippen molar-refractivity contribution in [1.29, 1.82) is 0 Å². The van der Waals surface area contributed by atoms with E-state index < -0.39 is 6.10 Å². The molecule has 2 nitrogen and oxygen atoms in total. The Hall–Kier alpha value is -0.650. The van der Waals surface area contributed by atoms with Crippen LogP contribution in [0.25, 0.3) is 0 Å². The molecule has 0 radical (unpaired) electrons. The van der Waals surface area contributed by atoms with Crippen LogP contribution in [0.3, 0.4) is 0 Å². The van der Waals surface area contributed by atoms with E-state index in [9.17, 15) is 9.50 Å². The maximum Gasteiger partial charge on any atom is 0.146 e. The van der Waals surface area contributed by atoms with Crippen molar-refractivity contribution in [3.63, 3.8) is 0 Å². The molecule has 0 aliphatic carbocycles. The van der Waals surface area contributed by atoms with Crippen LogP contribution in [0.2, 0.25) is 0 Å². The lowest BCUT2D eigenvalue weighted by atomic mass is 10.1. The molecule has 0 saturated carbocycles. The summed E-state index contributed by atoms with van der Waals surface area (Å²) in [6.07, 6.45) is 1.09. The number of hydrogen-bond acceptors (Lipinski definition) is 2. The first kappa shape index (κ1) is 12.8. The highest BCUT2D eigenvalue weighted by atomic mass is 79.9. The van der Waals surface area contributed by atoms with Crippen molar-refractivity contribution >= 4 is 31.9 Å². The Balaban J connectivity index is 2.19. The van der Waals surface area contributed by atoms with Gasteiger partial charge < -0.3 is 9.52 Å². The minimum absolute atomic E-state index is 0.311. The Kier molecular flexibility index (Phi) is 4.01. The van der Waals surface area contributed by atoms with Gasteiger partial charge in [0.1, 0.15) is 17.7 Å². The van der Waals surface area contributed by atoms with E-state index in [4.69, 9.17) is 4.42 Å². The van der Waals surface area contributed by atoms with Gasteiger partial charge in [-0.2, -0.15) is 0 Å². The van der Waals surface area contributed by atoms with E-state index in [1.54, 1.807) is 12.1 Å². The smallest absolute Gasteiger partial charge is 0.146 e. The van der Waals surface area contributed by atoms with Gasteiger partial charge in [-0.1, -0.05) is 22.0 Å². The second kappa shape index (κ2) is 5.33. The molecule has 1 heterocycles. The van der Waals surface area contributed by atoms with Gasteiger partial charge in [0.2, 0.25) is 0 Å². The van der Waals surface area contributed by atoms with E-state index in [1.807, 2.05) is 0 Å². The fourth-order valence-corrected chi connectivity index (χ4v) is 2.51. The van der Waals surface area contributed by atoms with Gasteiger partial charge in [0.15, 0.2) is 0 Å². The third-order valence-electron chi connectivity index (χ3n) is 2.38. The zero-order valence-electron chi connectivity index (χ0n) is 8.66. The van der Waals surface area contributed by atoms with Crippen molar-refractivity contribution in [3.8, 4) is 0 Å². The van der Waals surface area contributed by atoms with E-state index >= 15 is 0 Å². The second-order valence-electron chi connectivity index (χ2n) is 3.59. The highest BCUT2D eigenvalue weighted by molar-refractivity contribution is 9.10. The summed E-state index contributed by atoms with van der Waals surface area (Å²) in [4.78, 5) is 0. The van der Waals surface area contributed by atoms with Gasteiger partial charge in [-0.3, -0.25) is 0 Å². The third kappa shape index (κ3) is 2.97. The molecule has 2 rings (SSSR count). The summed E-state index contributed by atoms with van der Waals surface area (Å²) < 4.78 is 19.4. The Labute approximate surface area is 115 Å². The van der Waals surface area contributed by atoms with Crippen LogP contribution in [0.5, 0.6) is 0 Å². The zero-order valence-corrected chi connectivity index (χ0v) is 11.8. The zero-order chi connectivity index (χ0) is 12.4. The summed E-state index contributed by atoms with van der Waals surface area (Å²) in [6.45, 7) is 0. The minimum atomic E-state index is -0.763. The normalized spacial score (nSPS) is 12.7. The van der Waals surface area contributed by atoms with Crippen LogP contribution < -0.4 is 0 Å². The van der Waals surface area contributed by atoms with Crippen molar-refractivity contribution in [2.45, 2.75) is 12.5 Å². The van der Waals surface area contributed by atoms with Crippen molar-refractivity contribution < 1.29 is 13.9 Å². The predicted octanol–water partition coefficient (Wildman–Crippen LogP) is 4.22. The van der Waals surface area contributed by atoms with Gasteiger partial charge >= 0.3 is 0 Å². The van der Waals surface area contributed by atoms with Crippen LogP contribution in [-0.2, 0) is 6.42 Å². The van der Waals surface area contributed by atoms with E-state index in [-0.39, 0.29) is 5.82 Å². The molecule has 2 aromatic rings. The fraction of sp³-hybridized carbons (Fsp3) is 0.167. The minimum Gasteiger partial charge on any atom is -0.465 e. The number of aliphatic hydroxyl groups excluding tert-OH is 1. The lowest BCUT2D eigenvalue weighted by Gasteiger charge is -2.10.